The number of carbonyl (C=O) groups excluding carboxylic acids is 1. The molecule has 4 heteroatoms. The molecule has 0 aliphatic heterocycles. The van der Waals surface area contributed by atoms with Crippen molar-refractivity contribution < 1.29 is 4.79 Å². The Hall–Kier alpha value is -1.42. The van der Waals surface area contributed by atoms with Gasteiger partial charge in [-0.1, -0.05) is 18.2 Å². The van der Waals surface area contributed by atoms with Gasteiger partial charge in [-0.25, -0.2) is 4.68 Å². The van der Waals surface area contributed by atoms with E-state index in [0.29, 0.717) is 6.42 Å². The van der Waals surface area contributed by atoms with E-state index >= 15 is 0 Å². The third-order valence-electron chi connectivity index (χ3n) is 2.55. The molecule has 0 radical (unpaired) electrons. The number of aryl methyl sites for hydroxylation is 1. The molecule has 1 aromatic heterocycles. The van der Waals surface area contributed by atoms with Crippen molar-refractivity contribution in [1.82, 2.24) is 9.78 Å². The zero-order chi connectivity index (χ0) is 12.4. The second-order valence-electron chi connectivity index (χ2n) is 3.98. The number of aromatic nitrogens is 2. The summed E-state index contributed by atoms with van der Waals surface area (Å²) in [5.74, 6) is 0.140. The van der Waals surface area contributed by atoms with Gasteiger partial charge in [-0.3, -0.25) is 4.79 Å². The first-order valence-corrected chi connectivity index (χ1v) is 6.17. The van der Waals surface area contributed by atoms with Crippen LogP contribution in [0.25, 0.3) is 5.69 Å². The quantitative estimate of drug-likeness (QED) is 0.871. The lowest BCUT2D eigenvalue weighted by atomic mass is 10.1. The standard InChI is InChI=1S/C13H13BrN2O/c1-9(17)8-12-10(2)15-16(13(12)14)11-6-4-3-5-7-11/h3-7H,8H2,1-2H3. The maximum absolute atomic E-state index is 11.2. The fourth-order valence-corrected chi connectivity index (χ4v) is 2.43. The summed E-state index contributed by atoms with van der Waals surface area (Å²) >= 11 is 3.52. The summed E-state index contributed by atoms with van der Waals surface area (Å²) < 4.78 is 2.67. The third kappa shape index (κ3) is 2.47. The Labute approximate surface area is 109 Å². The number of ketones is 1. The van der Waals surface area contributed by atoms with E-state index in [1.54, 1.807) is 6.92 Å². The number of hydrogen-bond acceptors (Lipinski definition) is 2. The van der Waals surface area contributed by atoms with Crippen molar-refractivity contribution in [2.75, 3.05) is 0 Å². The maximum Gasteiger partial charge on any atom is 0.134 e. The molecule has 0 N–H and O–H groups in total. The molecule has 1 aromatic carbocycles. The average molecular weight is 293 g/mol. The Morgan fingerprint density at radius 3 is 2.59 bits per heavy atom. The molecular weight excluding hydrogens is 280 g/mol. The van der Waals surface area contributed by atoms with E-state index < -0.39 is 0 Å². The van der Waals surface area contributed by atoms with Crippen LogP contribution in [0, 0.1) is 6.92 Å². The molecule has 1 heterocycles. The number of para-hydroxylation sites is 1. The minimum Gasteiger partial charge on any atom is -0.300 e. The summed E-state index contributed by atoms with van der Waals surface area (Å²) in [6.07, 6.45) is 0.416. The number of halogens is 1. The van der Waals surface area contributed by atoms with E-state index in [4.69, 9.17) is 0 Å². The van der Waals surface area contributed by atoms with Crippen molar-refractivity contribution in [2.24, 2.45) is 0 Å². The first kappa shape index (κ1) is 12.0. The summed E-state index contributed by atoms with van der Waals surface area (Å²) in [7, 11) is 0. The van der Waals surface area contributed by atoms with Crippen molar-refractivity contribution in [1.29, 1.82) is 0 Å². The molecule has 0 fully saturated rings. The molecule has 0 saturated heterocycles. The summed E-state index contributed by atoms with van der Waals surface area (Å²) in [6, 6.07) is 9.85. The molecule has 0 saturated carbocycles. The predicted molar refractivity (Wildman–Crippen MR) is 70.4 cm³/mol. The number of hydrogen-bond donors (Lipinski definition) is 0. The highest BCUT2D eigenvalue weighted by atomic mass is 79.9. The fraction of sp³-hybridized carbons (Fsp3) is 0.231. The highest BCUT2D eigenvalue weighted by Gasteiger charge is 2.15. The van der Waals surface area contributed by atoms with E-state index in [1.165, 1.54) is 0 Å². The van der Waals surface area contributed by atoms with Crippen LogP contribution in [-0.4, -0.2) is 15.6 Å². The van der Waals surface area contributed by atoms with Crippen LogP contribution >= 0.6 is 15.9 Å². The van der Waals surface area contributed by atoms with Gasteiger partial charge in [0.2, 0.25) is 0 Å². The normalized spacial score (nSPS) is 10.5. The van der Waals surface area contributed by atoms with E-state index in [2.05, 4.69) is 21.0 Å². The first-order valence-electron chi connectivity index (χ1n) is 5.38. The lowest BCUT2D eigenvalue weighted by Crippen LogP contribution is -1.99. The second kappa shape index (κ2) is 4.84. The van der Waals surface area contributed by atoms with Crippen LogP contribution in [0.2, 0.25) is 0 Å². The van der Waals surface area contributed by atoms with E-state index in [0.717, 1.165) is 21.5 Å². The molecule has 2 rings (SSSR count). The molecule has 0 bridgehead atoms. The van der Waals surface area contributed by atoms with Crippen molar-refractivity contribution >= 4 is 21.7 Å². The third-order valence-corrected chi connectivity index (χ3v) is 3.36. The smallest absolute Gasteiger partial charge is 0.134 e. The minimum absolute atomic E-state index is 0.140. The largest absolute Gasteiger partial charge is 0.300 e. The zero-order valence-corrected chi connectivity index (χ0v) is 11.4. The monoisotopic (exact) mass is 292 g/mol. The summed E-state index contributed by atoms with van der Waals surface area (Å²) in [5.41, 5.74) is 2.83. The van der Waals surface area contributed by atoms with Gasteiger partial charge >= 0.3 is 0 Å². The maximum atomic E-state index is 11.2. The second-order valence-corrected chi connectivity index (χ2v) is 4.73. The zero-order valence-electron chi connectivity index (χ0n) is 9.77. The molecule has 0 spiro atoms. The molecular formula is C13H13BrN2O. The molecule has 0 atom stereocenters. The number of benzene rings is 1. The van der Waals surface area contributed by atoms with Gasteiger partial charge in [0.25, 0.3) is 0 Å². The van der Waals surface area contributed by atoms with Crippen molar-refractivity contribution in [3.05, 3.63) is 46.2 Å². The van der Waals surface area contributed by atoms with Gasteiger partial charge in [0.15, 0.2) is 0 Å². The van der Waals surface area contributed by atoms with Crippen molar-refractivity contribution in [2.45, 2.75) is 20.3 Å². The topological polar surface area (TPSA) is 34.9 Å². The van der Waals surface area contributed by atoms with Gasteiger partial charge < -0.3 is 0 Å². The van der Waals surface area contributed by atoms with Gasteiger partial charge in [0.1, 0.15) is 10.4 Å². The number of rotatable bonds is 3. The number of nitrogens with zero attached hydrogens (tertiary/aromatic N) is 2. The van der Waals surface area contributed by atoms with Crippen LogP contribution in [0.15, 0.2) is 34.9 Å². The number of Topliss-reactive ketones (excluding diaryl/α,β-unsaturated/α-hetero) is 1. The fourth-order valence-electron chi connectivity index (χ4n) is 1.72. The Morgan fingerprint density at radius 1 is 1.35 bits per heavy atom. The van der Waals surface area contributed by atoms with Crippen molar-refractivity contribution in [3.63, 3.8) is 0 Å². The predicted octanol–water partition coefficient (Wildman–Crippen LogP) is 3.07. The molecule has 0 aliphatic carbocycles. The van der Waals surface area contributed by atoms with Gasteiger partial charge in [0, 0.05) is 12.0 Å². The van der Waals surface area contributed by atoms with E-state index in [-0.39, 0.29) is 5.78 Å². The van der Waals surface area contributed by atoms with Crippen LogP contribution in [0.3, 0.4) is 0 Å². The average Bonchev–Trinajstić information content (AvgIpc) is 2.58. The molecule has 0 aliphatic rings. The highest BCUT2D eigenvalue weighted by molar-refractivity contribution is 9.10. The number of carbonyl (C=O) groups is 1. The molecule has 0 amide bonds. The van der Waals surface area contributed by atoms with Crippen LogP contribution in [-0.2, 0) is 11.2 Å². The van der Waals surface area contributed by atoms with Gasteiger partial charge in [-0.15, -0.1) is 0 Å². The van der Waals surface area contributed by atoms with Crippen LogP contribution in [0.5, 0.6) is 0 Å². The summed E-state index contributed by atoms with van der Waals surface area (Å²) in [5, 5.41) is 4.45. The molecule has 0 unspecified atom stereocenters. The SMILES string of the molecule is CC(=O)Cc1c(C)nn(-c2ccccc2)c1Br. The van der Waals surface area contributed by atoms with E-state index in [1.807, 2.05) is 41.9 Å². The Morgan fingerprint density at radius 2 is 2.00 bits per heavy atom. The highest BCUT2D eigenvalue weighted by Crippen LogP contribution is 2.24. The van der Waals surface area contributed by atoms with Gasteiger partial charge in [0.05, 0.1) is 11.4 Å². The van der Waals surface area contributed by atoms with Crippen LogP contribution in [0.4, 0.5) is 0 Å². The lowest BCUT2D eigenvalue weighted by Gasteiger charge is -2.02. The molecule has 3 nitrogen and oxygen atoms in total. The van der Waals surface area contributed by atoms with Crippen molar-refractivity contribution in [3.8, 4) is 5.69 Å². The Kier molecular flexibility index (Phi) is 3.43. The molecule has 2 aromatic rings. The van der Waals surface area contributed by atoms with E-state index in [9.17, 15) is 4.79 Å². The lowest BCUT2D eigenvalue weighted by molar-refractivity contribution is -0.116. The summed E-state index contributed by atoms with van der Waals surface area (Å²) in [6.45, 7) is 3.51. The van der Waals surface area contributed by atoms with Crippen LogP contribution < -0.4 is 0 Å². The minimum atomic E-state index is 0.140. The molecule has 88 valence electrons. The van der Waals surface area contributed by atoms with Gasteiger partial charge in [-0.2, -0.15) is 5.10 Å². The van der Waals surface area contributed by atoms with Gasteiger partial charge in [-0.05, 0) is 41.9 Å². The first-order chi connectivity index (χ1) is 8.09. The Bertz CT molecular complexity index is 546. The Balaban J connectivity index is 2.48. The summed E-state index contributed by atoms with van der Waals surface area (Å²) in [4.78, 5) is 11.2. The van der Waals surface area contributed by atoms with Crippen LogP contribution in [0.1, 0.15) is 18.2 Å². The molecule has 17 heavy (non-hydrogen) atoms.